The molecule has 3 heteroatoms. The molecule has 2 saturated heterocycles. The zero-order chi connectivity index (χ0) is 13.2. The Hall–Kier alpha value is -0.290. The van der Waals surface area contributed by atoms with Crippen molar-refractivity contribution < 1.29 is 0 Å². The molecule has 1 aromatic carbocycles. The third kappa shape index (κ3) is 2.92. The number of anilines is 1. The van der Waals surface area contributed by atoms with Crippen molar-refractivity contribution >= 4 is 28.3 Å². The van der Waals surface area contributed by atoms with E-state index in [0.717, 1.165) is 18.1 Å². The number of rotatable bonds is 4. The first-order valence-electron chi connectivity index (χ1n) is 7.55. The Labute approximate surface area is 130 Å². The Morgan fingerprint density at radius 2 is 2.00 bits per heavy atom. The molecule has 0 saturated carbocycles. The molecule has 1 N–H and O–H groups in total. The van der Waals surface area contributed by atoms with Gasteiger partial charge in [-0.3, -0.25) is 0 Å². The molecule has 0 aromatic heterocycles. The maximum atomic E-state index is 3.73. The summed E-state index contributed by atoms with van der Waals surface area (Å²) in [6, 6.07) is 11.3. The standard InChI is InChI=1S/C16H23IN2/c1-2-8-18-13-10-15-6-7-16(11-13)19(15)14-5-3-4-12(17)9-14/h3-5,9,13,15-16,18H,2,6-8,10-11H2,1H3. The van der Waals surface area contributed by atoms with Crippen LogP contribution in [0.15, 0.2) is 24.3 Å². The molecule has 2 fully saturated rings. The fourth-order valence-corrected chi connectivity index (χ4v) is 4.28. The Morgan fingerprint density at radius 1 is 1.26 bits per heavy atom. The number of piperidine rings is 1. The molecular formula is C16H23IN2. The van der Waals surface area contributed by atoms with Crippen molar-refractivity contribution in [1.29, 1.82) is 0 Å². The van der Waals surface area contributed by atoms with Gasteiger partial charge < -0.3 is 10.2 Å². The monoisotopic (exact) mass is 370 g/mol. The largest absolute Gasteiger partial charge is 0.365 e. The molecule has 2 nitrogen and oxygen atoms in total. The third-order valence-corrected chi connectivity index (χ3v) is 5.19. The summed E-state index contributed by atoms with van der Waals surface area (Å²) >= 11 is 2.42. The second kappa shape index (κ2) is 6.00. The van der Waals surface area contributed by atoms with Gasteiger partial charge in [0, 0.05) is 27.4 Å². The van der Waals surface area contributed by atoms with Crippen LogP contribution in [-0.4, -0.2) is 24.7 Å². The zero-order valence-electron chi connectivity index (χ0n) is 11.6. The summed E-state index contributed by atoms with van der Waals surface area (Å²) in [7, 11) is 0. The van der Waals surface area contributed by atoms with Crippen LogP contribution in [0.25, 0.3) is 0 Å². The number of halogens is 1. The van der Waals surface area contributed by atoms with Crippen molar-refractivity contribution in [2.24, 2.45) is 0 Å². The van der Waals surface area contributed by atoms with E-state index in [-0.39, 0.29) is 0 Å². The predicted molar refractivity (Wildman–Crippen MR) is 89.8 cm³/mol. The molecular weight excluding hydrogens is 347 g/mol. The average molecular weight is 370 g/mol. The van der Waals surface area contributed by atoms with Gasteiger partial charge in [-0.15, -0.1) is 0 Å². The van der Waals surface area contributed by atoms with Crippen LogP contribution in [0.5, 0.6) is 0 Å². The van der Waals surface area contributed by atoms with Gasteiger partial charge >= 0.3 is 0 Å². The summed E-state index contributed by atoms with van der Waals surface area (Å²) in [5.74, 6) is 0. The van der Waals surface area contributed by atoms with Crippen molar-refractivity contribution in [3.63, 3.8) is 0 Å². The molecule has 2 bridgehead atoms. The van der Waals surface area contributed by atoms with Gasteiger partial charge in [-0.25, -0.2) is 0 Å². The summed E-state index contributed by atoms with van der Waals surface area (Å²) < 4.78 is 1.35. The highest BCUT2D eigenvalue weighted by Gasteiger charge is 2.40. The lowest BCUT2D eigenvalue weighted by Gasteiger charge is -2.41. The molecule has 2 aliphatic heterocycles. The van der Waals surface area contributed by atoms with Crippen LogP contribution in [0.4, 0.5) is 5.69 Å². The number of hydrogen-bond donors (Lipinski definition) is 1. The van der Waals surface area contributed by atoms with E-state index < -0.39 is 0 Å². The van der Waals surface area contributed by atoms with E-state index in [4.69, 9.17) is 0 Å². The fourth-order valence-electron chi connectivity index (χ4n) is 3.75. The quantitative estimate of drug-likeness (QED) is 0.812. The highest BCUT2D eigenvalue weighted by Crippen LogP contribution is 2.39. The van der Waals surface area contributed by atoms with E-state index in [0.29, 0.717) is 0 Å². The summed E-state index contributed by atoms with van der Waals surface area (Å²) in [6.07, 6.45) is 6.64. The first kappa shape index (κ1) is 13.7. The predicted octanol–water partition coefficient (Wildman–Crippen LogP) is 3.79. The minimum absolute atomic E-state index is 0.747. The molecule has 0 amide bonds. The van der Waals surface area contributed by atoms with Crippen LogP contribution >= 0.6 is 22.6 Å². The van der Waals surface area contributed by atoms with Crippen LogP contribution in [-0.2, 0) is 0 Å². The lowest BCUT2D eigenvalue weighted by atomic mass is 9.96. The summed E-state index contributed by atoms with van der Waals surface area (Å²) in [5, 5.41) is 3.73. The summed E-state index contributed by atoms with van der Waals surface area (Å²) in [6.45, 7) is 3.43. The lowest BCUT2D eigenvalue weighted by molar-refractivity contribution is 0.357. The SMILES string of the molecule is CCCNC1CC2CCC(C1)N2c1cccc(I)c1. The highest BCUT2D eigenvalue weighted by molar-refractivity contribution is 14.1. The minimum Gasteiger partial charge on any atom is -0.365 e. The molecule has 2 heterocycles. The van der Waals surface area contributed by atoms with Crippen LogP contribution in [0.1, 0.15) is 39.0 Å². The van der Waals surface area contributed by atoms with Crippen molar-refractivity contribution in [2.75, 3.05) is 11.4 Å². The van der Waals surface area contributed by atoms with Gasteiger partial charge in [0.15, 0.2) is 0 Å². The van der Waals surface area contributed by atoms with Crippen molar-refractivity contribution in [3.05, 3.63) is 27.8 Å². The first-order valence-corrected chi connectivity index (χ1v) is 8.63. The number of nitrogens with zero attached hydrogens (tertiary/aromatic N) is 1. The maximum Gasteiger partial charge on any atom is 0.0381 e. The van der Waals surface area contributed by atoms with Crippen LogP contribution in [0.3, 0.4) is 0 Å². The Balaban J connectivity index is 1.73. The van der Waals surface area contributed by atoms with Gasteiger partial charge in [0.1, 0.15) is 0 Å². The second-order valence-electron chi connectivity index (χ2n) is 5.89. The summed E-state index contributed by atoms with van der Waals surface area (Å²) in [4.78, 5) is 2.70. The summed E-state index contributed by atoms with van der Waals surface area (Å²) in [5.41, 5.74) is 1.44. The molecule has 0 radical (unpaired) electrons. The number of hydrogen-bond acceptors (Lipinski definition) is 2. The molecule has 3 rings (SSSR count). The van der Waals surface area contributed by atoms with Crippen LogP contribution in [0.2, 0.25) is 0 Å². The van der Waals surface area contributed by atoms with E-state index in [1.54, 1.807) is 0 Å². The van der Waals surface area contributed by atoms with Gasteiger partial charge in [0.2, 0.25) is 0 Å². The van der Waals surface area contributed by atoms with E-state index in [1.807, 2.05) is 0 Å². The number of benzene rings is 1. The highest BCUT2D eigenvalue weighted by atomic mass is 127. The fraction of sp³-hybridized carbons (Fsp3) is 0.625. The van der Waals surface area contributed by atoms with E-state index >= 15 is 0 Å². The maximum absolute atomic E-state index is 3.73. The zero-order valence-corrected chi connectivity index (χ0v) is 13.8. The van der Waals surface area contributed by atoms with Crippen molar-refractivity contribution in [1.82, 2.24) is 5.32 Å². The Morgan fingerprint density at radius 3 is 2.63 bits per heavy atom. The molecule has 2 atom stereocenters. The van der Waals surface area contributed by atoms with Gasteiger partial charge in [-0.2, -0.15) is 0 Å². The van der Waals surface area contributed by atoms with E-state index in [1.165, 1.54) is 47.9 Å². The first-order chi connectivity index (χ1) is 9.28. The second-order valence-corrected chi connectivity index (χ2v) is 7.14. The van der Waals surface area contributed by atoms with Crippen LogP contribution < -0.4 is 10.2 Å². The number of fused-ring (bicyclic) bond motifs is 2. The molecule has 19 heavy (non-hydrogen) atoms. The molecule has 104 valence electrons. The average Bonchev–Trinajstić information content (AvgIpc) is 2.68. The van der Waals surface area contributed by atoms with Crippen molar-refractivity contribution in [3.8, 4) is 0 Å². The van der Waals surface area contributed by atoms with Gasteiger partial charge in [0.05, 0.1) is 0 Å². The minimum atomic E-state index is 0.747. The molecule has 2 aliphatic rings. The Bertz CT molecular complexity index is 421. The van der Waals surface area contributed by atoms with E-state index in [9.17, 15) is 0 Å². The molecule has 2 unspecified atom stereocenters. The molecule has 1 aromatic rings. The van der Waals surface area contributed by atoms with Crippen molar-refractivity contribution in [2.45, 2.75) is 57.2 Å². The molecule has 0 spiro atoms. The third-order valence-electron chi connectivity index (χ3n) is 4.52. The van der Waals surface area contributed by atoms with E-state index in [2.05, 4.69) is 64.0 Å². The lowest BCUT2D eigenvalue weighted by Crippen LogP contribution is -2.49. The van der Waals surface area contributed by atoms with Crippen LogP contribution in [0, 0.1) is 3.57 Å². The van der Waals surface area contributed by atoms with Gasteiger partial charge in [-0.1, -0.05) is 13.0 Å². The smallest absolute Gasteiger partial charge is 0.0381 e. The van der Waals surface area contributed by atoms with Gasteiger partial charge in [0.25, 0.3) is 0 Å². The molecule has 0 aliphatic carbocycles. The Kier molecular flexibility index (Phi) is 4.32. The topological polar surface area (TPSA) is 15.3 Å². The normalized spacial score (nSPS) is 29.8. The van der Waals surface area contributed by atoms with Gasteiger partial charge in [-0.05, 0) is 79.4 Å². The number of nitrogens with one attached hydrogen (secondary N) is 1.